The highest BCUT2D eigenvalue weighted by atomic mass is 32.2. The first-order valence-corrected chi connectivity index (χ1v) is 9.68. The number of nitrogens with one attached hydrogen (secondary N) is 2. The first-order chi connectivity index (χ1) is 11.1. The van der Waals surface area contributed by atoms with Gasteiger partial charge in [-0.3, -0.25) is 5.43 Å². The van der Waals surface area contributed by atoms with Gasteiger partial charge in [0.1, 0.15) is 0 Å². The van der Waals surface area contributed by atoms with Gasteiger partial charge in [0.25, 0.3) is 0 Å². The van der Waals surface area contributed by atoms with Crippen molar-refractivity contribution in [1.29, 1.82) is 0 Å². The zero-order valence-electron chi connectivity index (χ0n) is 12.8. The molecule has 0 aliphatic carbocycles. The second kappa shape index (κ2) is 8.71. The summed E-state index contributed by atoms with van der Waals surface area (Å²) in [6, 6.07) is 17.3. The summed E-state index contributed by atoms with van der Waals surface area (Å²) >= 11 is 1.70. The Labute approximate surface area is 141 Å². The average molecular weight is 349 g/mol. The van der Waals surface area contributed by atoms with Crippen LogP contribution in [-0.4, -0.2) is 27.4 Å². The van der Waals surface area contributed by atoms with Gasteiger partial charge in [-0.05, 0) is 36.9 Å². The van der Waals surface area contributed by atoms with E-state index in [-0.39, 0.29) is 5.75 Å². The van der Waals surface area contributed by atoms with Crippen LogP contribution in [0.1, 0.15) is 5.56 Å². The van der Waals surface area contributed by atoms with Crippen molar-refractivity contribution in [1.82, 2.24) is 4.72 Å². The molecule has 0 unspecified atom stereocenters. The van der Waals surface area contributed by atoms with Gasteiger partial charge in [0, 0.05) is 16.9 Å². The fourth-order valence-electron chi connectivity index (χ4n) is 1.77. The van der Waals surface area contributed by atoms with Crippen molar-refractivity contribution >= 4 is 33.7 Å². The van der Waals surface area contributed by atoms with Gasteiger partial charge >= 0.3 is 0 Å². The molecule has 7 heteroatoms. The summed E-state index contributed by atoms with van der Waals surface area (Å²) in [6.07, 6.45) is 1.80. The summed E-state index contributed by atoms with van der Waals surface area (Å²) < 4.78 is 25.2. The fraction of sp³-hybridized carbons (Fsp3) is 0.188. The number of hydrazone groups is 1. The number of hydrogen-bond acceptors (Lipinski definition) is 5. The molecule has 0 radical (unpaired) electrons. The standard InChI is InChI=1S/C16H19N3O2S2/c1-17-23(20,21)13-14-7-9-15(10-8-14)19-18-11-12-22-16-5-3-2-4-6-16/h2-11,17,19H,12-13H2,1H3/b18-11-. The summed E-state index contributed by atoms with van der Waals surface area (Å²) in [5, 5.41) is 4.15. The van der Waals surface area contributed by atoms with Crippen LogP contribution in [0, 0.1) is 0 Å². The first kappa shape index (κ1) is 17.5. The Morgan fingerprint density at radius 2 is 1.78 bits per heavy atom. The van der Waals surface area contributed by atoms with Gasteiger partial charge in [-0.25, -0.2) is 13.1 Å². The smallest absolute Gasteiger partial charge is 0.215 e. The lowest BCUT2D eigenvalue weighted by atomic mass is 10.2. The van der Waals surface area contributed by atoms with Gasteiger partial charge in [-0.1, -0.05) is 30.3 Å². The van der Waals surface area contributed by atoms with Gasteiger partial charge in [0.2, 0.25) is 10.0 Å². The minimum absolute atomic E-state index is 0.0270. The van der Waals surface area contributed by atoms with Crippen LogP contribution in [0.3, 0.4) is 0 Å². The third kappa shape index (κ3) is 6.43. The number of sulfonamides is 1. The predicted molar refractivity (Wildman–Crippen MR) is 97.4 cm³/mol. The van der Waals surface area contributed by atoms with Crippen molar-refractivity contribution in [3.63, 3.8) is 0 Å². The van der Waals surface area contributed by atoms with E-state index >= 15 is 0 Å². The maximum atomic E-state index is 11.5. The van der Waals surface area contributed by atoms with E-state index in [4.69, 9.17) is 0 Å². The van der Waals surface area contributed by atoms with Crippen LogP contribution in [-0.2, 0) is 15.8 Å². The molecule has 0 amide bonds. The van der Waals surface area contributed by atoms with Gasteiger partial charge in [-0.2, -0.15) is 5.10 Å². The number of anilines is 1. The quantitative estimate of drug-likeness (QED) is 0.437. The van der Waals surface area contributed by atoms with Crippen LogP contribution in [0.15, 0.2) is 64.6 Å². The van der Waals surface area contributed by atoms with Crippen molar-refractivity contribution in [3.05, 3.63) is 60.2 Å². The van der Waals surface area contributed by atoms with Crippen LogP contribution in [0.5, 0.6) is 0 Å². The minimum atomic E-state index is -3.24. The number of nitrogens with zero attached hydrogens (tertiary/aromatic N) is 1. The van der Waals surface area contributed by atoms with E-state index < -0.39 is 10.0 Å². The Kier molecular flexibility index (Phi) is 6.64. The van der Waals surface area contributed by atoms with E-state index in [2.05, 4.69) is 27.4 Å². The van der Waals surface area contributed by atoms with Crippen LogP contribution >= 0.6 is 11.8 Å². The molecular formula is C16H19N3O2S2. The summed E-state index contributed by atoms with van der Waals surface area (Å²) in [7, 11) is -1.83. The SMILES string of the molecule is CNS(=O)(=O)Cc1ccc(N/N=C\CSc2ccccc2)cc1. The number of benzene rings is 2. The molecule has 0 saturated heterocycles. The Hall–Kier alpha value is -1.83. The number of rotatable bonds is 8. The third-order valence-electron chi connectivity index (χ3n) is 2.97. The molecule has 0 fully saturated rings. The second-order valence-corrected chi connectivity index (χ2v) is 7.73. The van der Waals surface area contributed by atoms with Crippen molar-refractivity contribution in [2.75, 3.05) is 18.2 Å². The van der Waals surface area contributed by atoms with Crippen LogP contribution in [0.25, 0.3) is 0 Å². The topological polar surface area (TPSA) is 70.6 Å². The number of thioether (sulfide) groups is 1. The molecule has 0 atom stereocenters. The molecule has 122 valence electrons. The molecule has 0 heterocycles. The lowest BCUT2D eigenvalue weighted by molar-refractivity contribution is 0.587. The molecule has 5 nitrogen and oxygen atoms in total. The Balaban J connectivity index is 1.78. The van der Waals surface area contributed by atoms with E-state index in [9.17, 15) is 8.42 Å². The van der Waals surface area contributed by atoms with Crippen molar-refractivity contribution in [3.8, 4) is 0 Å². The molecular weight excluding hydrogens is 330 g/mol. The first-order valence-electron chi connectivity index (χ1n) is 7.04. The Bertz CT molecular complexity index is 730. The average Bonchev–Trinajstić information content (AvgIpc) is 2.57. The lowest BCUT2D eigenvalue weighted by Crippen LogP contribution is -2.20. The molecule has 2 aromatic rings. The molecule has 0 bridgehead atoms. The summed E-state index contributed by atoms with van der Waals surface area (Å²) in [6.45, 7) is 0. The highest BCUT2D eigenvalue weighted by molar-refractivity contribution is 7.99. The third-order valence-corrected chi connectivity index (χ3v) is 5.23. The zero-order valence-corrected chi connectivity index (χ0v) is 14.4. The Morgan fingerprint density at radius 3 is 2.43 bits per heavy atom. The van der Waals surface area contributed by atoms with Gasteiger partial charge in [0.05, 0.1) is 11.4 Å². The maximum absolute atomic E-state index is 11.5. The van der Waals surface area contributed by atoms with Crippen molar-refractivity contribution in [2.45, 2.75) is 10.6 Å². The molecule has 0 aliphatic heterocycles. The van der Waals surface area contributed by atoms with E-state index in [1.54, 1.807) is 30.1 Å². The van der Waals surface area contributed by atoms with E-state index in [0.717, 1.165) is 17.0 Å². The van der Waals surface area contributed by atoms with Crippen LogP contribution in [0.4, 0.5) is 5.69 Å². The van der Waals surface area contributed by atoms with Crippen LogP contribution in [0.2, 0.25) is 0 Å². The highest BCUT2D eigenvalue weighted by Crippen LogP contribution is 2.15. The molecule has 0 spiro atoms. The van der Waals surface area contributed by atoms with Crippen LogP contribution < -0.4 is 10.1 Å². The Morgan fingerprint density at radius 1 is 1.09 bits per heavy atom. The van der Waals surface area contributed by atoms with Gasteiger partial charge in [0.15, 0.2) is 0 Å². The zero-order chi connectivity index (χ0) is 16.5. The normalized spacial score (nSPS) is 11.7. The highest BCUT2D eigenvalue weighted by Gasteiger charge is 2.07. The largest absolute Gasteiger partial charge is 0.279 e. The summed E-state index contributed by atoms with van der Waals surface area (Å²) in [5.74, 6) is 0.746. The van der Waals surface area contributed by atoms with Crippen molar-refractivity contribution in [2.24, 2.45) is 5.10 Å². The fourth-order valence-corrected chi connectivity index (χ4v) is 3.24. The summed E-state index contributed by atoms with van der Waals surface area (Å²) in [5.41, 5.74) is 4.47. The molecule has 23 heavy (non-hydrogen) atoms. The predicted octanol–water partition coefficient (Wildman–Crippen LogP) is 2.93. The molecule has 2 N–H and O–H groups in total. The van der Waals surface area contributed by atoms with Crippen molar-refractivity contribution < 1.29 is 8.42 Å². The lowest BCUT2D eigenvalue weighted by Gasteiger charge is -2.04. The monoisotopic (exact) mass is 349 g/mol. The number of hydrogen-bond donors (Lipinski definition) is 2. The molecule has 2 aromatic carbocycles. The molecule has 0 saturated carbocycles. The second-order valence-electron chi connectivity index (χ2n) is 4.71. The maximum Gasteiger partial charge on any atom is 0.215 e. The summed E-state index contributed by atoms with van der Waals surface area (Å²) in [4.78, 5) is 1.20. The van der Waals surface area contributed by atoms with E-state index in [1.807, 2.05) is 30.3 Å². The minimum Gasteiger partial charge on any atom is -0.279 e. The van der Waals surface area contributed by atoms with E-state index in [0.29, 0.717) is 0 Å². The van der Waals surface area contributed by atoms with E-state index in [1.165, 1.54) is 11.9 Å². The van der Waals surface area contributed by atoms with Gasteiger partial charge < -0.3 is 0 Å². The molecule has 0 aromatic heterocycles. The molecule has 0 aliphatic rings. The molecule has 2 rings (SSSR count). The van der Waals surface area contributed by atoms with Gasteiger partial charge in [-0.15, -0.1) is 11.8 Å².